The van der Waals surface area contributed by atoms with Crippen molar-refractivity contribution in [1.29, 1.82) is 0 Å². The Morgan fingerprint density at radius 3 is 2.96 bits per heavy atom. The van der Waals surface area contributed by atoms with Gasteiger partial charge in [-0.2, -0.15) is 0 Å². The van der Waals surface area contributed by atoms with Crippen LogP contribution in [0.1, 0.15) is 15.4 Å². The van der Waals surface area contributed by atoms with Crippen LogP contribution < -0.4 is 0 Å². The Labute approximate surface area is 147 Å². The predicted octanol–water partition coefficient (Wildman–Crippen LogP) is 2.70. The maximum Gasteiger partial charge on any atom is 0.334 e. The first-order valence-corrected chi connectivity index (χ1v) is 8.52. The Hall–Kier alpha value is -1.96. The summed E-state index contributed by atoms with van der Waals surface area (Å²) in [5.41, 5.74) is 1.47. The van der Waals surface area contributed by atoms with Gasteiger partial charge in [0.2, 0.25) is 0 Å². The van der Waals surface area contributed by atoms with E-state index < -0.39 is 12.1 Å². The molecule has 0 saturated carbocycles. The first kappa shape index (κ1) is 16.9. The van der Waals surface area contributed by atoms with E-state index in [-0.39, 0.29) is 19.1 Å². The monoisotopic (exact) mass is 366 g/mol. The third-order valence-electron chi connectivity index (χ3n) is 3.69. The smallest absolute Gasteiger partial charge is 0.334 e. The molecule has 1 saturated heterocycles. The van der Waals surface area contributed by atoms with Crippen molar-refractivity contribution in [3.8, 4) is 10.6 Å². The number of morpholine rings is 1. The number of nitrogens with zero attached hydrogens (tertiary/aromatic N) is 2. The summed E-state index contributed by atoms with van der Waals surface area (Å²) in [5.74, 6) is -1.28. The van der Waals surface area contributed by atoms with E-state index in [4.69, 9.17) is 21.4 Å². The summed E-state index contributed by atoms with van der Waals surface area (Å²) in [5, 5.41) is 10.4. The number of aromatic nitrogens is 1. The van der Waals surface area contributed by atoms with Crippen molar-refractivity contribution >= 4 is 34.8 Å². The number of hydrogen-bond acceptors (Lipinski definition) is 5. The average molecular weight is 367 g/mol. The maximum atomic E-state index is 12.7. The molecule has 0 spiro atoms. The lowest BCUT2D eigenvalue weighted by Crippen LogP contribution is -2.48. The van der Waals surface area contributed by atoms with Crippen LogP contribution in [0.3, 0.4) is 0 Å². The maximum absolute atomic E-state index is 12.7. The summed E-state index contributed by atoms with van der Waals surface area (Å²) in [6.45, 7) is 2.39. The van der Waals surface area contributed by atoms with Crippen molar-refractivity contribution < 1.29 is 19.4 Å². The lowest BCUT2D eigenvalue weighted by Gasteiger charge is -2.30. The van der Waals surface area contributed by atoms with Crippen molar-refractivity contribution in [3.63, 3.8) is 0 Å². The van der Waals surface area contributed by atoms with E-state index in [1.54, 1.807) is 19.1 Å². The number of carbonyl (C=O) groups is 2. The summed E-state index contributed by atoms with van der Waals surface area (Å²) in [7, 11) is 0. The molecular weight excluding hydrogens is 352 g/mol. The fraction of sp³-hybridized carbons (Fsp3) is 0.312. The van der Waals surface area contributed by atoms with Crippen molar-refractivity contribution in [2.24, 2.45) is 0 Å². The van der Waals surface area contributed by atoms with Gasteiger partial charge in [-0.25, -0.2) is 9.78 Å². The van der Waals surface area contributed by atoms with E-state index >= 15 is 0 Å². The molecule has 0 aliphatic carbocycles. The van der Waals surface area contributed by atoms with Gasteiger partial charge in [0.15, 0.2) is 6.10 Å². The molecular formula is C16H15ClN2O4S. The highest BCUT2D eigenvalue weighted by molar-refractivity contribution is 7.17. The lowest BCUT2D eigenvalue weighted by atomic mass is 10.2. The molecule has 1 atom stereocenters. The zero-order valence-corrected chi connectivity index (χ0v) is 14.4. The predicted molar refractivity (Wildman–Crippen MR) is 90.6 cm³/mol. The number of ether oxygens (including phenoxy) is 1. The number of aliphatic carboxylic acids is 1. The minimum atomic E-state index is -1.06. The van der Waals surface area contributed by atoms with Crippen molar-refractivity contribution in [3.05, 3.63) is 39.9 Å². The fourth-order valence-electron chi connectivity index (χ4n) is 2.47. The van der Waals surface area contributed by atoms with E-state index in [1.807, 2.05) is 12.1 Å². The molecule has 1 fully saturated rings. The van der Waals surface area contributed by atoms with Crippen molar-refractivity contribution in [2.45, 2.75) is 13.0 Å². The summed E-state index contributed by atoms with van der Waals surface area (Å²) < 4.78 is 5.15. The van der Waals surface area contributed by atoms with E-state index in [0.29, 0.717) is 27.1 Å². The van der Waals surface area contributed by atoms with Crippen LogP contribution in [0, 0.1) is 6.92 Å². The molecule has 1 aliphatic rings. The summed E-state index contributed by atoms with van der Waals surface area (Å²) >= 11 is 7.29. The fourth-order valence-corrected chi connectivity index (χ4v) is 3.69. The standard InChI is InChI=1S/C16H15ClN2O4S/c1-9-13(15(20)19-5-6-23-12(8-19)16(21)22)24-14(18-9)10-3-2-4-11(17)7-10/h2-4,7,12H,5-6,8H2,1H3,(H,21,22). The van der Waals surface area contributed by atoms with Crippen LogP contribution in [-0.4, -0.2) is 52.7 Å². The zero-order valence-electron chi connectivity index (χ0n) is 12.9. The van der Waals surface area contributed by atoms with Crippen LogP contribution in [-0.2, 0) is 9.53 Å². The van der Waals surface area contributed by atoms with Gasteiger partial charge < -0.3 is 14.7 Å². The Morgan fingerprint density at radius 2 is 2.25 bits per heavy atom. The zero-order chi connectivity index (χ0) is 17.3. The third kappa shape index (κ3) is 3.43. The molecule has 6 nitrogen and oxygen atoms in total. The van der Waals surface area contributed by atoms with Gasteiger partial charge in [-0.05, 0) is 19.1 Å². The normalized spacial score (nSPS) is 17.8. The molecule has 8 heteroatoms. The van der Waals surface area contributed by atoms with Crippen LogP contribution in [0.2, 0.25) is 5.02 Å². The summed E-state index contributed by atoms with van der Waals surface area (Å²) in [6, 6.07) is 7.28. The number of carbonyl (C=O) groups excluding carboxylic acids is 1. The molecule has 0 radical (unpaired) electrons. The second-order valence-corrected chi connectivity index (χ2v) is 6.83. The van der Waals surface area contributed by atoms with Gasteiger partial charge in [0.25, 0.3) is 5.91 Å². The SMILES string of the molecule is Cc1nc(-c2cccc(Cl)c2)sc1C(=O)N1CCOC(C(=O)O)C1. The van der Waals surface area contributed by atoms with Gasteiger partial charge in [0.05, 0.1) is 18.8 Å². The van der Waals surface area contributed by atoms with E-state index in [0.717, 1.165) is 5.56 Å². The number of benzene rings is 1. The van der Waals surface area contributed by atoms with Crippen LogP contribution in [0.15, 0.2) is 24.3 Å². The first-order chi connectivity index (χ1) is 11.5. The minimum Gasteiger partial charge on any atom is -0.479 e. The van der Waals surface area contributed by atoms with Crippen LogP contribution in [0.5, 0.6) is 0 Å². The molecule has 2 aromatic rings. The first-order valence-electron chi connectivity index (χ1n) is 7.33. The van der Waals surface area contributed by atoms with E-state index in [2.05, 4.69) is 4.98 Å². The molecule has 1 aromatic carbocycles. The Balaban J connectivity index is 1.84. The van der Waals surface area contributed by atoms with E-state index in [9.17, 15) is 9.59 Å². The largest absolute Gasteiger partial charge is 0.479 e. The molecule has 1 aromatic heterocycles. The molecule has 126 valence electrons. The molecule has 1 unspecified atom stereocenters. The molecule has 0 bridgehead atoms. The van der Waals surface area contributed by atoms with E-state index in [1.165, 1.54) is 16.2 Å². The second kappa shape index (κ2) is 6.88. The molecule has 1 aliphatic heterocycles. The molecule has 2 heterocycles. The number of carboxylic acids is 1. The number of halogens is 1. The quantitative estimate of drug-likeness (QED) is 0.903. The number of amides is 1. The number of hydrogen-bond donors (Lipinski definition) is 1. The van der Waals surface area contributed by atoms with Gasteiger partial charge >= 0.3 is 5.97 Å². The number of rotatable bonds is 3. The Morgan fingerprint density at radius 1 is 1.46 bits per heavy atom. The number of carboxylic acid groups (broad SMARTS) is 1. The molecule has 1 amide bonds. The van der Waals surface area contributed by atoms with Crippen molar-refractivity contribution in [2.75, 3.05) is 19.7 Å². The highest BCUT2D eigenvalue weighted by Crippen LogP contribution is 2.30. The summed E-state index contributed by atoms with van der Waals surface area (Å²) in [4.78, 5) is 30.3. The van der Waals surface area contributed by atoms with Crippen LogP contribution in [0.4, 0.5) is 0 Å². The molecule has 3 rings (SSSR count). The van der Waals surface area contributed by atoms with Crippen LogP contribution >= 0.6 is 22.9 Å². The highest BCUT2D eigenvalue weighted by Gasteiger charge is 2.31. The van der Waals surface area contributed by atoms with Gasteiger partial charge in [0.1, 0.15) is 9.88 Å². The highest BCUT2D eigenvalue weighted by atomic mass is 35.5. The lowest BCUT2D eigenvalue weighted by molar-refractivity contribution is -0.154. The minimum absolute atomic E-state index is 0.0397. The Bertz CT molecular complexity index is 792. The van der Waals surface area contributed by atoms with Gasteiger partial charge in [0, 0.05) is 17.1 Å². The van der Waals surface area contributed by atoms with Gasteiger partial charge in [-0.3, -0.25) is 4.79 Å². The van der Waals surface area contributed by atoms with Gasteiger partial charge in [-0.1, -0.05) is 23.7 Å². The number of aryl methyl sites for hydroxylation is 1. The van der Waals surface area contributed by atoms with Gasteiger partial charge in [-0.15, -0.1) is 11.3 Å². The topological polar surface area (TPSA) is 79.7 Å². The van der Waals surface area contributed by atoms with Crippen LogP contribution in [0.25, 0.3) is 10.6 Å². The molecule has 1 N–H and O–H groups in total. The average Bonchev–Trinajstić information content (AvgIpc) is 2.96. The van der Waals surface area contributed by atoms with Crippen molar-refractivity contribution in [1.82, 2.24) is 9.88 Å². The Kier molecular flexibility index (Phi) is 4.84. The third-order valence-corrected chi connectivity index (χ3v) is 5.12. The summed E-state index contributed by atoms with van der Waals surface area (Å²) in [6.07, 6.45) is -0.983. The molecule has 24 heavy (non-hydrogen) atoms. The second-order valence-electron chi connectivity index (χ2n) is 5.39. The number of thiazole rings is 1.